The molecule has 2 aromatic carbocycles. The van der Waals surface area contributed by atoms with Gasteiger partial charge in [-0.3, -0.25) is 5.10 Å². The number of H-pyrrole nitrogens is 1. The van der Waals surface area contributed by atoms with Crippen molar-refractivity contribution in [1.82, 2.24) is 15.2 Å². The number of aromatic nitrogens is 3. The summed E-state index contributed by atoms with van der Waals surface area (Å²) in [6.45, 7) is 0. The first kappa shape index (κ1) is 14.2. The first-order valence-electron chi connectivity index (χ1n) is 6.69. The van der Waals surface area contributed by atoms with E-state index in [1.54, 1.807) is 7.11 Å². The van der Waals surface area contributed by atoms with E-state index in [0.29, 0.717) is 16.3 Å². The van der Waals surface area contributed by atoms with Crippen LogP contribution in [0.5, 0.6) is 5.75 Å². The van der Waals surface area contributed by atoms with Gasteiger partial charge >= 0.3 is 0 Å². The minimum absolute atomic E-state index is 0.329. The monoisotopic (exact) mass is 310 g/mol. The van der Waals surface area contributed by atoms with E-state index in [1.165, 1.54) is 0 Å². The fourth-order valence-corrected chi connectivity index (χ4v) is 2.17. The van der Waals surface area contributed by atoms with Crippen LogP contribution in [0.25, 0.3) is 11.3 Å². The number of methoxy groups -OCH3 is 1. The lowest BCUT2D eigenvalue weighted by Crippen LogP contribution is -2.01. The van der Waals surface area contributed by atoms with Gasteiger partial charge in [0.05, 0.1) is 7.11 Å². The van der Waals surface area contributed by atoms with Crippen molar-refractivity contribution in [3.05, 3.63) is 59.4 Å². The molecule has 110 valence electrons. The van der Waals surface area contributed by atoms with Gasteiger partial charge < -0.3 is 10.1 Å². The van der Waals surface area contributed by atoms with E-state index in [4.69, 9.17) is 17.0 Å². The number of anilines is 2. The van der Waals surface area contributed by atoms with Crippen molar-refractivity contribution >= 4 is 23.7 Å². The lowest BCUT2D eigenvalue weighted by Gasteiger charge is -2.10. The number of benzene rings is 2. The lowest BCUT2D eigenvalue weighted by molar-refractivity contribution is 0.415. The largest absolute Gasteiger partial charge is 0.497 e. The van der Waals surface area contributed by atoms with Crippen LogP contribution >= 0.6 is 12.2 Å². The Hall–Kier alpha value is -2.73. The summed E-state index contributed by atoms with van der Waals surface area (Å²) in [6, 6.07) is 17.4. The van der Waals surface area contributed by atoms with E-state index < -0.39 is 0 Å². The van der Waals surface area contributed by atoms with Gasteiger partial charge in [-0.1, -0.05) is 30.3 Å². The average molecular weight is 310 g/mol. The quantitative estimate of drug-likeness (QED) is 0.714. The number of hydrogen-bond acceptors (Lipinski definition) is 5. The van der Waals surface area contributed by atoms with Gasteiger partial charge in [0.2, 0.25) is 4.77 Å². The van der Waals surface area contributed by atoms with E-state index in [9.17, 15) is 0 Å². The van der Waals surface area contributed by atoms with E-state index in [-0.39, 0.29) is 0 Å². The molecular formula is C16H14N4OS. The third-order valence-corrected chi connectivity index (χ3v) is 3.28. The molecule has 5 nitrogen and oxygen atoms in total. The third-order valence-electron chi connectivity index (χ3n) is 3.10. The number of ether oxygens (including phenoxy) is 1. The molecule has 0 aliphatic carbocycles. The van der Waals surface area contributed by atoms with Gasteiger partial charge in [-0.05, 0) is 36.5 Å². The molecule has 1 heterocycles. The molecule has 1 aromatic heterocycles. The summed E-state index contributed by atoms with van der Waals surface area (Å²) in [4.78, 5) is 4.34. The van der Waals surface area contributed by atoms with Crippen molar-refractivity contribution in [1.29, 1.82) is 0 Å². The zero-order valence-electron chi connectivity index (χ0n) is 11.9. The summed E-state index contributed by atoms with van der Waals surface area (Å²) in [6.07, 6.45) is 0. The Balaban J connectivity index is 1.98. The second-order valence-electron chi connectivity index (χ2n) is 4.56. The molecule has 0 unspecified atom stereocenters. The average Bonchev–Trinajstić information content (AvgIpc) is 2.56. The van der Waals surface area contributed by atoms with Gasteiger partial charge in [0.15, 0.2) is 5.82 Å². The summed E-state index contributed by atoms with van der Waals surface area (Å²) in [5.74, 6) is 1.41. The van der Waals surface area contributed by atoms with E-state index in [1.807, 2.05) is 54.6 Å². The Morgan fingerprint density at radius 2 is 1.77 bits per heavy atom. The Bertz CT molecular complexity index is 816. The topological polar surface area (TPSA) is 62.8 Å². The summed E-state index contributed by atoms with van der Waals surface area (Å²) >= 11 is 5.08. The fourth-order valence-electron chi connectivity index (χ4n) is 2.03. The molecule has 0 saturated heterocycles. The minimum atomic E-state index is 0.329. The van der Waals surface area contributed by atoms with Crippen molar-refractivity contribution in [2.75, 3.05) is 12.4 Å². The highest BCUT2D eigenvalue weighted by Gasteiger charge is 2.09. The second-order valence-corrected chi connectivity index (χ2v) is 4.94. The predicted octanol–water partition coefficient (Wildman–Crippen LogP) is 3.95. The van der Waals surface area contributed by atoms with Crippen LogP contribution in [-0.4, -0.2) is 22.3 Å². The Kier molecular flexibility index (Phi) is 4.11. The number of aromatic amines is 1. The molecule has 0 bridgehead atoms. The van der Waals surface area contributed by atoms with E-state index in [0.717, 1.165) is 17.0 Å². The molecule has 6 heteroatoms. The van der Waals surface area contributed by atoms with E-state index in [2.05, 4.69) is 20.5 Å². The van der Waals surface area contributed by atoms with Gasteiger partial charge in [-0.15, -0.1) is 0 Å². The maximum atomic E-state index is 5.15. The summed E-state index contributed by atoms with van der Waals surface area (Å²) in [5, 5.41) is 10.3. The van der Waals surface area contributed by atoms with E-state index >= 15 is 0 Å². The molecular weight excluding hydrogens is 296 g/mol. The third kappa shape index (κ3) is 3.12. The maximum Gasteiger partial charge on any atom is 0.215 e. The predicted molar refractivity (Wildman–Crippen MR) is 88.9 cm³/mol. The Labute approximate surface area is 133 Å². The van der Waals surface area contributed by atoms with Crippen LogP contribution < -0.4 is 10.1 Å². The Morgan fingerprint density at radius 1 is 1.05 bits per heavy atom. The number of rotatable bonds is 4. The normalized spacial score (nSPS) is 10.2. The molecule has 3 aromatic rings. The summed E-state index contributed by atoms with van der Waals surface area (Å²) < 4.78 is 5.48. The number of nitrogens with zero attached hydrogens (tertiary/aromatic N) is 2. The molecule has 0 aliphatic heterocycles. The van der Waals surface area contributed by atoms with Crippen molar-refractivity contribution in [3.8, 4) is 17.0 Å². The molecule has 0 amide bonds. The van der Waals surface area contributed by atoms with Gasteiger partial charge in [-0.25, -0.2) is 0 Å². The first-order chi connectivity index (χ1) is 10.8. The van der Waals surface area contributed by atoms with Crippen LogP contribution in [0.2, 0.25) is 0 Å². The minimum Gasteiger partial charge on any atom is -0.497 e. The molecule has 0 radical (unpaired) electrons. The zero-order chi connectivity index (χ0) is 15.4. The molecule has 0 aliphatic rings. The van der Waals surface area contributed by atoms with Gasteiger partial charge in [0.25, 0.3) is 0 Å². The van der Waals surface area contributed by atoms with Crippen molar-refractivity contribution in [2.45, 2.75) is 0 Å². The van der Waals surface area contributed by atoms with Crippen LogP contribution in [0.15, 0.2) is 54.6 Å². The lowest BCUT2D eigenvalue weighted by atomic mass is 10.1. The number of nitrogens with one attached hydrogen (secondary N) is 2. The molecule has 2 N–H and O–H groups in total. The van der Waals surface area contributed by atoms with Crippen molar-refractivity contribution < 1.29 is 4.74 Å². The highest BCUT2D eigenvalue weighted by Crippen LogP contribution is 2.26. The van der Waals surface area contributed by atoms with Crippen molar-refractivity contribution in [2.24, 2.45) is 0 Å². The molecule has 0 fully saturated rings. The highest BCUT2D eigenvalue weighted by atomic mass is 32.1. The first-order valence-corrected chi connectivity index (χ1v) is 7.10. The second kappa shape index (κ2) is 6.36. The van der Waals surface area contributed by atoms with Gasteiger partial charge in [-0.2, -0.15) is 10.1 Å². The van der Waals surface area contributed by atoms with Crippen molar-refractivity contribution in [3.63, 3.8) is 0 Å². The van der Waals surface area contributed by atoms with Crippen LogP contribution in [0.3, 0.4) is 0 Å². The Morgan fingerprint density at radius 3 is 2.45 bits per heavy atom. The maximum absolute atomic E-state index is 5.15. The SMILES string of the molecule is COc1ccc(Nc2nc(=S)[nH]nc2-c2ccccc2)cc1. The van der Waals surface area contributed by atoms with Crippen LogP contribution in [0.1, 0.15) is 0 Å². The molecule has 0 spiro atoms. The van der Waals surface area contributed by atoms with Crippen LogP contribution in [0.4, 0.5) is 11.5 Å². The smallest absolute Gasteiger partial charge is 0.215 e. The number of hydrogen-bond donors (Lipinski definition) is 2. The van der Waals surface area contributed by atoms with Crippen LogP contribution in [0, 0.1) is 4.77 Å². The highest BCUT2D eigenvalue weighted by molar-refractivity contribution is 7.71. The zero-order valence-corrected chi connectivity index (χ0v) is 12.7. The molecule has 22 heavy (non-hydrogen) atoms. The standard InChI is InChI=1S/C16H14N4OS/c1-21-13-9-7-12(8-10-13)17-15-14(19-20-16(22)18-15)11-5-3-2-4-6-11/h2-10H,1H3,(H2,17,18,20,22). The summed E-state index contributed by atoms with van der Waals surface area (Å²) in [5.41, 5.74) is 2.55. The van der Waals surface area contributed by atoms with Gasteiger partial charge in [0.1, 0.15) is 11.4 Å². The fraction of sp³-hybridized carbons (Fsp3) is 0.0625. The van der Waals surface area contributed by atoms with Gasteiger partial charge in [0, 0.05) is 11.3 Å². The molecule has 0 atom stereocenters. The van der Waals surface area contributed by atoms with Crippen LogP contribution in [-0.2, 0) is 0 Å². The molecule has 3 rings (SSSR count). The summed E-state index contributed by atoms with van der Waals surface area (Å²) in [7, 11) is 1.64. The molecule has 0 saturated carbocycles.